The predicted octanol–water partition coefficient (Wildman–Crippen LogP) is 3.46. The Morgan fingerprint density at radius 2 is 2.00 bits per heavy atom. The van der Waals surface area contributed by atoms with Crippen molar-refractivity contribution in [3.8, 4) is 5.75 Å². The first kappa shape index (κ1) is 16.4. The first-order valence-corrected chi connectivity index (χ1v) is 8.28. The highest BCUT2D eigenvalue weighted by Crippen LogP contribution is 2.18. The van der Waals surface area contributed by atoms with Crippen molar-refractivity contribution < 1.29 is 9.53 Å². The SMILES string of the molecule is CCCCc1nnc(NC(=O)CCc2ccc(OC)cc2)s1. The maximum absolute atomic E-state index is 11.9. The normalized spacial score (nSPS) is 10.5. The molecular weight excluding hydrogens is 298 g/mol. The number of ether oxygens (including phenoxy) is 1. The van der Waals surface area contributed by atoms with Crippen LogP contribution in [-0.4, -0.2) is 23.2 Å². The Balaban J connectivity index is 1.78. The summed E-state index contributed by atoms with van der Waals surface area (Å²) in [5.41, 5.74) is 1.11. The fourth-order valence-corrected chi connectivity index (χ4v) is 2.76. The molecule has 1 aromatic heterocycles. The second-order valence-electron chi connectivity index (χ2n) is 5.00. The van der Waals surface area contributed by atoms with Gasteiger partial charge in [0.2, 0.25) is 11.0 Å². The lowest BCUT2D eigenvalue weighted by Gasteiger charge is -2.03. The van der Waals surface area contributed by atoms with Crippen LogP contribution in [0, 0.1) is 0 Å². The summed E-state index contributed by atoms with van der Waals surface area (Å²) in [6, 6.07) is 7.75. The lowest BCUT2D eigenvalue weighted by atomic mass is 10.1. The van der Waals surface area contributed by atoms with Crippen molar-refractivity contribution in [3.63, 3.8) is 0 Å². The van der Waals surface area contributed by atoms with Gasteiger partial charge in [-0.1, -0.05) is 36.8 Å². The van der Waals surface area contributed by atoms with Gasteiger partial charge >= 0.3 is 0 Å². The summed E-state index contributed by atoms with van der Waals surface area (Å²) in [6.45, 7) is 2.14. The summed E-state index contributed by atoms with van der Waals surface area (Å²) >= 11 is 1.46. The summed E-state index contributed by atoms with van der Waals surface area (Å²) in [7, 11) is 1.64. The molecule has 1 heterocycles. The molecule has 0 unspecified atom stereocenters. The van der Waals surface area contributed by atoms with Crippen LogP contribution in [0.25, 0.3) is 0 Å². The Labute approximate surface area is 134 Å². The van der Waals surface area contributed by atoms with E-state index >= 15 is 0 Å². The van der Waals surface area contributed by atoms with Crippen molar-refractivity contribution in [1.29, 1.82) is 0 Å². The van der Waals surface area contributed by atoms with Gasteiger partial charge in [0.05, 0.1) is 7.11 Å². The molecule has 0 aliphatic heterocycles. The molecule has 118 valence electrons. The maximum Gasteiger partial charge on any atom is 0.226 e. The summed E-state index contributed by atoms with van der Waals surface area (Å²) in [5.74, 6) is 0.788. The number of nitrogens with zero attached hydrogens (tertiary/aromatic N) is 2. The van der Waals surface area contributed by atoms with Crippen molar-refractivity contribution in [2.75, 3.05) is 12.4 Å². The predicted molar refractivity (Wildman–Crippen MR) is 88.5 cm³/mol. The van der Waals surface area contributed by atoms with E-state index in [9.17, 15) is 4.79 Å². The fourth-order valence-electron chi connectivity index (χ4n) is 1.96. The highest BCUT2D eigenvalue weighted by Gasteiger charge is 2.08. The molecule has 1 N–H and O–H groups in total. The minimum absolute atomic E-state index is 0.0333. The van der Waals surface area contributed by atoms with Gasteiger partial charge in [0.1, 0.15) is 10.8 Å². The number of amides is 1. The van der Waals surface area contributed by atoms with E-state index in [1.807, 2.05) is 24.3 Å². The molecule has 0 radical (unpaired) electrons. The van der Waals surface area contributed by atoms with Gasteiger partial charge in [-0.15, -0.1) is 10.2 Å². The van der Waals surface area contributed by atoms with E-state index in [1.165, 1.54) is 11.3 Å². The molecule has 0 saturated carbocycles. The third-order valence-electron chi connectivity index (χ3n) is 3.26. The quantitative estimate of drug-likeness (QED) is 0.809. The Morgan fingerprint density at radius 3 is 2.68 bits per heavy atom. The molecule has 1 aromatic carbocycles. The number of nitrogens with one attached hydrogen (secondary N) is 1. The van der Waals surface area contributed by atoms with Crippen LogP contribution < -0.4 is 10.1 Å². The maximum atomic E-state index is 11.9. The Bertz CT molecular complexity index is 596. The van der Waals surface area contributed by atoms with Crippen molar-refractivity contribution in [1.82, 2.24) is 10.2 Å². The van der Waals surface area contributed by atoms with E-state index in [2.05, 4.69) is 22.4 Å². The van der Waals surface area contributed by atoms with Crippen LogP contribution in [0.5, 0.6) is 5.75 Å². The fraction of sp³-hybridized carbons (Fsp3) is 0.438. The zero-order valence-corrected chi connectivity index (χ0v) is 13.8. The summed E-state index contributed by atoms with van der Waals surface area (Å²) in [6.07, 6.45) is 4.27. The minimum Gasteiger partial charge on any atom is -0.497 e. The number of rotatable bonds is 8. The molecule has 5 nitrogen and oxygen atoms in total. The molecule has 0 spiro atoms. The molecule has 1 amide bonds. The summed E-state index contributed by atoms with van der Waals surface area (Å²) < 4.78 is 5.11. The van der Waals surface area contributed by atoms with Gasteiger partial charge in [-0.3, -0.25) is 4.79 Å². The van der Waals surface area contributed by atoms with Gasteiger partial charge in [-0.2, -0.15) is 0 Å². The number of hydrogen-bond donors (Lipinski definition) is 1. The van der Waals surface area contributed by atoms with E-state index in [-0.39, 0.29) is 5.91 Å². The molecule has 0 aliphatic carbocycles. The molecule has 0 aliphatic rings. The molecule has 2 aromatic rings. The lowest BCUT2D eigenvalue weighted by molar-refractivity contribution is -0.116. The number of carbonyl (C=O) groups is 1. The van der Waals surface area contributed by atoms with Crippen LogP contribution in [0.3, 0.4) is 0 Å². The number of hydrogen-bond acceptors (Lipinski definition) is 5. The average Bonchev–Trinajstić information content (AvgIpc) is 2.98. The Hall–Kier alpha value is -1.95. The molecule has 0 saturated heterocycles. The third-order valence-corrected chi connectivity index (χ3v) is 4.16. The van der Waals surface area contributed by atoms with Gasteiger partial charge in [0.25, 0.3) is 0 Å². The van der Waals surface area contributed by atoms with Crippen LogP contribution >= 0.6 is 11.3 Å². The van der Waals surface area contributed by atoms with Gasteiger partial charge in [0.15, 0.2) is 0 Å². The number of anilines is 1. The van der Waals surface area contributed by atoms with E-state index < -0.39 is 0 Å². The van der Waals surface area contributed by atoms with Crippen LogP contribution in [0.15, 0.2) is 24.3 Å². The first-order valence-electron chi connectivity index (χ1n) is 7.46. The number of methoxy groups -OCH3 is 1. The number of benzene rings is 1. The largest absolute Gasteiger partial charge is 0.497 e. The zero-order valence-electron chi connectivity index (χ0n) is 13.0. The molecule has 22 heavy (non-hydrogen) atoms. The van der Waals surface area contributed by atoms with Gasteiger partial charge in [-0.05, 0) is 30.5 Å². The van der Waals surface area contributed by atoms with Crippen molar-refractivity contribution in [3.05, 3.63) is 34.8 Å². The van der Waals surface area contributed by atoms with E-state index in [1.54, 1.807) is 7.11 Å². The molecule has 2 rings (SSSR count). The second-order valence-corrected chi connectivity index (χ2v) is 6.06. The van der Waals surface area contributed by atoms with Crippen LogP contribution in [0.4, 0.5) is 5.13 Å². The smallest absolute Gasteiger partial charge is 0.226 e. The highest BCUT2D eigenvalue weighted by atomic mass is 32.1. The monoisotopic (exact) mass is 319 g/mol. The molecular formula is C16H21N3O2S. The van der Waals surface area contributed by atoms with E-state index in [0.29, 0.717) is 18.0 Å². The topological polar surface area (TPSA) is 64.1 Å². The van der Waals surface area contributed by atoms with Crippen LogP contribution in [0.1, 0.15) is 36.8 Å². The van der Waals surface area contributed by atoms with Gasteiger partial charge < -0.3 is 10.1 Å². The number of aromatic nitrogens is 2. The molecule has 6 heteroatoms. The Morgan fingerprint density at radius 1 is 1.23 bits per heavy atom. The average molecular weight is 319 g/mol. The molecule has 0 atom stereocenters. The van der Waals surface area contributed by atoms with Gasteiger partial charge in [-0.25, -0.2) is 0 Å². The summed E-state index contributed by atoms with van der Waals surface area (Å²) in [5, 5.41) is 12.5. The number of aryl methyl sites for hydroxylation is 2. The van der Waals surface area contributed by atoms with Crippen LogP contribution in [-0.2, 0) is 17.6 Å². The standard InChI is InChI=1S/C16H21N3O2S/c1-3-4-5-15-18-19-16(22-15)17-14(20)11-8-12-6-9-13(21-2)10-7-12/h6-7,9-10H,3-5,8,11H2,1-2H3,(H,17,19,20). The van der Waals surface area contributed by atoms with E-state index in [0.717, 1.165) is 35.6 Å². The zero-order chi connectivity index (χ0) is 15.8. The molecule has 0 fully saturated rings. The van der Waals surface area contributed by atoms with Crippen molar-refractivity contribution in [2.24, 2.45) is 0 Å². The lowest BCUT2D eigenvalue weighted by Crippen LogP contribution is -2.12. The first-order chi connectivity index (χ1) is 10.7. The minimum atomic E-state index is -0.0333. The van der Waals surface area contributed by atoms with Crippen molar-refractivity contribution >= 4 is 22.4 Å². The molecule has 0 bridgehead atoms. The Kier molecular flexibility index (Phi) is 6.33. The van der Waals surface area contributed by atoms with Crippen LogP contribution in [0.2, 0.25) is 0 Å². The highest BCUT2D eigenvalue weighted by molar-refractivity contribution is 7.15. The van der Waals surface area contributed by atoms with Crippen molar-refractivity contribution in [2.45, 2.75) is 39.0 Å². The second kappa shape index (κ2) is 8.48. The number of carbonyl (C=O) groups excluding carboxylic acids is 1. The van der Waals surface area contributed by atoms with E-state index in [4.69, 9.17) is 4.74 Å². The van der Waals surface area contributed by atoms with Gasteiger partial charge in [0, 0.05) is 12.8 Å². The number of unbranched alkanes of at least 4 members (excludes halogenated alkanes) is 1. The third kappa shape index (κ3) is 5.11. The summed E-state index contributed by atoms with van der Waals surface area (Å²) in [4.78, 5) is 11.9.